The number of nitrogens with one attached hydrogen (secondary N) is 1. The van der Waals surface area contributed by atoms with E-state index < -0.39 is 11.9 Å². The van der Waals surface area contributed by atoms with Crippen LogP contribution in [0.3, 0.4) is 0 Å². The molecule has 0 spiro atoms. The molecule has 2 saturated heterocycles. The first kappa shape index (κ1) is 27.5. The van der Waals surface area contributed by atoms with Gasteiger partial charge in [0.15, 0.2) is 0 Å². The Bertz CT molecular complexity index is 1100. The van der Waals surface area contributed by atoms with Crippen LogP contribution in [0.2, 0.25) is 0 Å². The number of carbonyl (C=O) groups is 3. The van der Waals surface area contributed by atoms with Crippen molar-refractivity contribution in [3.63, 3.8) is 0 Å². The number of para-hydroxylation sites is 1. The molecule has 5 rings (SSSR count). The molecule has 0 aliphatic carbocycles. The highest BCUT2D eigenvalue weighted by Crippen LogP contribution is 2.46. The number of piperazine rings is 1. The van der Waals surface area contributed by atoms with Gasteiger partial charge in [0.1, 0.15) is 5.82 Å². The molecular formula is C27H33N5O5S. The van der Waals surface area contributed by atoms with Gasteiger partial charge < -0.3 is 34.6 Å². The van der Waals surface area contributed by atoms with Gasteiger partial charge in [-0.05, 0) is 43.2 Å². The largest absolute Gasteiger partial charge is 0.545 e. The minimum absolute atomic E-state index is 0.261. The van der Waals surface area contributed by atoms with E-state index in [0.717, 1.165) is 77.4 Å². The Kier molecular flexibility index (Phi) is 9.61. The van der Waals surface area contributed by atoms with Crippen molar-refractivity contribution in [1.82, 2.24) is 14.8 Å². The predicted octanol–water partition coefficient (Wildman–Crippen LogP) is 0.868. The van der Waals surface area contributed by atoms with Gasteiger partial charge in [-0.3, -0.25) is 0 Å². The van der Waals surface area contributed by atoms with Crippen molar-refractivity contribution < 1.29 is 29.5 Å². The number of likely N-dealkylation sites (tertiary alicyclic amines) is 1. The molecule has 2 fully saturated rings. The average molecular weight is 540 g/mol. The predicted molar refractivity (Wildman–Crippen MR) is 142 cm³/mol. The van der Waals surface area contributed by atoms with E-state index in [1.807, 2.05) is 28.9 Å². The Morgan fingerprint density at radius 3 is 2.34 bits per heavy atom. The molecule has 2 aromatic rings. The van der Waals surface area contributed by atoms with Crippen LogP contribution in [0.4, 0.5) is 16.3 Å². The third kappa shape index (κ3) is 7.26. The molecule has 202 valence electrons. The molecule has 1 aromatic heterocycles. The van der Waals surface area contributed by atoms with Crippen LogP contribution in [0.25, 0.3) is 0 Å². The first-order valence-corrected chi connectivity index (χ1v) is 13.7. The van der Waals surface area contributed by atoms with Crippen molar-refractivity contribution in [2.24, 2.45) is 0 Å². The van der Waals surface area contributed by atoms with E-state index in [1.165, 1.54) is 15.5 Å². The van der Waals surface area contributed by atoms with E-state index in [2.05, 4.69) is 45.1 Å². The normalized spacial score (nSPS) is 17.0. The number of benzene rings is 1. The second kappa shape index (κ2) is 13.3. The molecule has 4 heterocycles. The van der Waals surface area contributed by atoms with E-state index in [1.54, 1.807) is 4.90 Å². The Morgan fingerprint density at radius 1 is 0.974 bits per heavy atom. The van der Waals surface area contributed by atoms with Crippen molar-refractivity contribution in [2.75, 3.05) is 57.3 Å². The molecule has 1 aromatic carbocycles. The number of hydrogen-bond acceptors (Lipinski definition) is 7. The Hall–Kier alpha value is -3.57. The summed E-state index contributed by atoms with van der Waals surface area (Å²) in [7, 11) is 0. The Labute approximate surface area is 226 Å². The number of carboxylic acids is 2. The van der Waals surface area contributed by atoms with Gasteiger partial charge in [0.2, 0.25) is 0 Å². The lowest BCUT2D eigenvalue weighted by atomic mass is 10.2. The first-order valence-electron chi connectivity index (χ1n) is 12.9. The van der Waals surface area contributed by atoms with Gasteiger partial charge in [-0.2, -0.15) is 0 Å². The van der Waals surface area contributed by atoms with Crippen LogP contribution in [0, 0.1) is 0 Å². The molecule has 0 saturated carbocycles. The van der Waals surface area contributed by atoms with E-state index in [0.29, 0.717) is 12.2 Å². The molecule has 0 unspecified atom stereocenters. The number of fused-ring (bicyclic) bond motifs is 2. The van der Waals surface area contributed by atoms with E-state index in [9.17, 15) is 19.5 Å². The number of carbonyl (C=O) groups excluding carboxylic acids is 2. The van der Waals surface area contributed by atoms with Crippen molar-refractivity contribution in [3.8, 4) is 0 Å². The molecule has 3 aliphatic heterocycles. The number of hydrogen-bond donors (Lipinski definition) is 2. The molecule has 11 heteroatoms. The first-order chi connectivity index (χ1) is 18.4. The molecule has 0 radical (unpaired) electrons. The summed E-state index contributed by atoms with van der Waals surface area (Å²) in [6, 6.07) is 13.1. The molecule has 0 bridgehead atoms. The van der Waals surface area contributed by atoms with Crippen LogP contribution in [0.5, 0.6) is 0 Å². The minimum atomic E-state index is -1.51. The molecule has 2 amide bonds. The summed E-state index contributed by atoms with van der Waals surface area (Å²) in [4.78, 5) is 46.9. The van der Waals surface area contributed by atoms with E-state index >= 15 is 0 Å². The maximum Gasteiger partial charge on any atom is 0.328 e. The fraction of sp³-hybridized carbons (Fsp3) is 0.407. The van der Waals surface area contributed by atoms with Gasteiger partial charge in [-0.1, -0.05) is 23.9 Å². The number of nitrogens with zero attached hydrogens (tertiary/aromatic N) is 4. The number of amides is 2. The zero-order chi connectivity index (χ0) is 26.9. The molecule has 0 atom stereocenters. The van der Waals surface area contributed by atoms with Crippen molar-refractivity contribution in [3.05, 3.63) is 54.7 Å². The fourth-order valence-corrected chi connectivity index (χ4v) is 5.96. The van der Waals surface area contributed by atoms with Crippen LogP contribution in [0.1, 0.15) is 19.3 Å². The monoisotopic (exact) mass is 539 g/mol. The summed E-state index contributed by atoms with van der Waals surface area (Å²) in [5.41, 5.74) is 1.27. The van der Waals surface area contributed by atoms with Crippen molar-refractivity contribution >= 4 is 41.2 Å². The fourth-order valence-electron chi connectivity index (χ4n) is 4.89. The molecule has 2 N–H and O–H groups in total. The highest BCUT2D eigenvalue weighted by molar-refractivity contribution is 7.99. The number of aromatic nitrogens is 1. The quantitative estimate of drug-likeness (QED) is 0.519. The lowest BCUT2D eigenvalue weighted by molar-refractivity contribution is -0.904. The van der Waals surface area contributed by atoms with Gasteiger partial charge in [-0.25, -0.2) is 14.6 Å². The second-order valence-electron chi connectivity index (χ2n) is 9.35. The summed E-state index contributed by atoms with van der Waals surface area (Å²) < 4.78 is 0. The lowest BCUT2D eigenvalue weighted by Crippen LogP contribution is -3.15. The van der Waals surface area contributed by atoms with E-state index in [4.69, 9.17) is 5.11 Å². The molecule has 38 heavy (non-hydrogen) atoms. The molecular weight excluding hydrogens is 506 g/mol. The highest BCUT2D eigenvalue weighted by atomic mass is 32.2. The summed E-state index contributed by atoms with van der Waals surface area (Å²) >= 11 is 1.81. The zero-order valence-corrected chi connectivity index (χ0v) is 22.1. The van der Waals surface area contributed by atoms with Gasteiger partial charge in [0, 0.05) is 43.2 Å². The van der Waals surface area contributed by atoms with Crippen LogP contribution in [-0.2, 0) is 9.59 Å². The standard InChI is InChI=1S/C23H29N5OS.C4H4O4/c29-23(26-12-3-4-13-26)27-17-15-25(16-18-27)11-6-14-28-19-7-1-2-8-20(19)30-21-9-5-10-24-22(21)28;5-3(6)1-2-4(7)8/h1-2,5,7-10H,3-4,6,11-18H2;1-2H,(H,5,6)(H,7,8)/b;2-1+. The van der Waals surface area contributed by atoms with Gasteiger partial charge in [-0.15, -0.1) is 0 Å². The van der Waals surface area contributed by atoms with Gasteiger partial charge in [0.05, 0.1) is 49.3 Å². The van der Waals surface area contributed by atoms with Gasteiger partial charge >= 0.3 is 12.0 Å². The topological polar surface area (TPSA) is 122 Å². The minimum Gasteiger partial charge on any atom is -0.545 e. The summed E-state index contributed by atoms with van der Waals surface area (Å²) in [6.45, 7) is 7.88. The van der Waals surface area contributed by atoms with Crippen LogP contribution in [0.15, 0.2) is 64.5 Å². The third-order valence-corrected chi connectivity index (χ3v) is 7.88. The van der Waals surface area contributed by atoms with Crippen molar-refractivity contribution in [1.29, 1.82) is 0 Å². The maximum atomic E-state index is 12.6. The maximum absolute atomic E-state index is 12.6. The summed E-state index contributed by atoms with van der Waals surface area (Å²) in [6.07, 6.45) is 6.27. The number of quaternary nitrogens is 1. The smallest absolute Gasteiger partial charge is 0.328 e. The number of rotatable bonds is 6. The number of anilines is 2. The van der Waals surface area contributed by atoms with Crippen molar-refractivity contribution in [2.45, 2.75) is 29.1 Å². The Morgan fingerprint density at radius 2 is 1.66 bits per heavy atom. The number of pyridine rings is 1. The third-order valence-electron chi connectivity index (χ3n) is 6.77. The number of aliphatic carboxylic acids is 2. The van der Waals surface area contributed by atoms with Gasteiger partial charge in [0.25, 0.3) is 0 Å². The number of carboxylic acid groups (broad SMARTS) is 2. The Balaban J connectivity index is 0.000000368. The molecule has 3 aliphatic rings. The summed E-state index contributed by atoms with van der Waals surface area (Å²) in [5, 5.41) is 17.2. The second-order valence-corrected chi connectivity index (χ2v) is 10.4. The highest BCUT2D eigenvalue weighted by Gasteiger charge is 2.29. The van der Waals surface area contributed by atoms with Crippen LogP contribution in [-0.4, -0.2) is 90.2 Å². The average Bonchev–Trinajstić information content (AvgIpc) is 3.47. The zero-order valence-electron chi connectivity index (χ0n) is 21.3. The molecule has 10 nitrogen and oxygen atoms in total. The number of urea groups is 1. The van der Waals surface area contributed by atoms with E-state index in [-0.39, 0.29) is 6.03 Å². The SMILES string of the molecule is O=C(N1CCCC1)N1CC[NH+](CCCN2c3ccccc3Sc3cccnc32)CC1.O=C([O-])/C=C/C(=O)O. The van der Waals surface area contributed by atoms with Crippen LogP contribution >= 0.6 is 11.8 Å². The lowest BCUT2D eigenvalue weighted by Gasteiger charge is -2.35. The summed E-state index contributed by atoms with van der Waals surface area (Å²) in [5.74, 6) is -1.72. The van der Waals surface area contributed by atoms with Crippen LogP contribution < -0.4 is 14.9 Å².